The molecule has 0 radical (unpaired) electrons. The summed E-state index contributed by atoms with van der Waals surface area (Å²) >= 11 is 0. The number of nitrogens with zero attached hydrogens (tertiary/aromatic N) is 1. The maximum Gasteiger partial charge on any atom is 0.338 e. The molecule has 1 aromatic rings. The molecular formula is C23H28N2O4. The van der Waals surface area contributed by atoms with Gasteiger partial charge in [-0.25, -0.2) is 4.79 Å². The van der Waals surface area contributed by atoms with Gasteiger partial charge < -0.3 is 15.0 Å². The third kappa shape index (κ3) is 3.65. The molecule has 5 fully saturated rings. The van der Waals surface area contributed by atoms with Crippen LogP contribution < -0.4 is 10.2 Å². The maximum atomic E-state index is 12.5. The smallest absolute Gasteiger partial charge is 0.338 e. The van der Waals surface area contributed by atoms with Crippen molar-refractivity contribution in [2.75, 3.05) is 18.1 Å². The molecule has 154 valence electrons. The third-order valence-corrected chi connectivity index (χ3v) is 7.27. The summed E-state index contributed by atoms with van der Waals surface area (Å²) < 4.78 is 5.26. The molecule has 1 aromatic carbocycles. The molecule has 0 spiro atoms. The summed E-state index contributed by atoms with van der Waals surface area (Å²) in [6.45, 7) is 0.472. The lowest BCUT2D eigenvalue weighted by Crippen LogP contribution is -2.60. The van der Waals surface area contributed by atoms with Crippen molar-refractivity contribution in [3.8, 4) is 0 Å². The first-order chi connectivity index (χ1) is 14.0. The lowest BCUT2D eigenvalue weighted by Gasteiger charge is -2.56. The minimum absolute atomic E-state index is 0.0673. The summed E-state index contributed by atoms with van der Waals surface area (Å²) in [5, 5.41) is 3.22. The number of carbonyl (C=O) groups is 3. The predicted molar refractivity (Wildman–Crippen MR) is 107 cm³/mol. The number of hydrogen-bond acceptors (Lipinski definition) is 4. The van der Waals surface area contributed by atoms with Gasteiger partial charge in [0.1, 0.15) is 0 Å². The Morgan fingerprint density at radius 2 is 1.66 bits per heavy atom. The number of esters is 1. The number of ether oxygens (including phenoxy) is 1. The van der Waals surface area contributed by atoms with Crippen molar-refractivity contribution in [2.45, 2.75) is 56.9 Å². The van der Waals surface area contributed by atoms with E-state index in [2.05, 4.69) is 5.32 Å². The van der Waals surface area contributed by atoms with Crippen molar-refractivity contribution < 1.29 is 19.1 Å². The SMILES string of the molecule is O=C(COC(=O)c1ccc(N2CCCC2=O)cc1)NC12CC3CC(CC(C3)C1)C2. The van der Waals surface area contributed by atoms with Crippen molar-refractivity contribution in [3.05, 3.63) is 29.8 Å². The molecule has 4 bridgehead atoms. The second kappa shape index (κ2) is 7.15. The topological polar surface area (TPSA) is 75.7 Å². The number of anilines is 1. The number of rotatable bonds is 5. The fourth-order valence-electron chi connectivity index (χ4n) is 6.51. The van der Waals surface area contributed by atoms with Crippen molar-refractivity contribution in [1.82, 2.24) is 5.32 Å². The molecule has 1 heterocycles. The van der Waals surface area contributed by atoms with Crippen LogP contribution in [0.1, 0.15) is 61.7 Å². The van der Waals surface area contributed by atoms with Gasteiger partial charge in [-0.3, -0.25) is 9.59 Å². The van der Waals surface area contributed by atoms with E-state index < -0.39 is 5.97 Å². The third-order valence-electron chi connectivity index (χ3n) is 7.27. The highest BCUT2D eigenvalue weighted by molar-refractivity contribution is 5.96. The van der Waals surface area contributed by atoms with Crippen LogP contribution in [-0.4, -0.2) is 36.5 Å². The van der Waals surface area contributed by atoms with Crippen LogP contribution in [0.15, 0.2) is 24.3 Å². The molecule has 6 rings (SSSR count). The van der Waals surface area contributed by atoms with Crippen LogP contribution in [0.5, 0.6) is 0 Å². The zero-order chi connectivity index (χ0) is 20.0. The minimum atomic E-state index is -0.509. The Balaban J connectivity index is 1.15. The van der Waals surface area contributed by atoms with E-state index in [9.17, 15) is 14.4 Å². The molecule has 0 unspecified atom stereocenters. The molecule has 6 heteroatoms. The van der Waals surface area contributed by atoms with Crippen LogP contribution in [0.2, 0.25) is 0 Å². The van der Waals surface area contributed by atoms with Gasteiger partial charge in [0.15, 0.2) is 6.61 Å². The summed E-state index contributed by atoms with van der Waals surface area (Å²) in [5.41, 5.74) is 1.12. The molecule has 1 N–H and O–H groups in total. The predicted octanol–water partition coefficient (Wildman–Crippen LogP) is 3.06. The number of amides is 2. The number of nitrogens with one attached hydrogen (secondary N) is 1. The number of hydrogen-bond donors (Lipinski definition) is 1. The van der Waals surface area contributed by atoms with E-state index >= 15 is 0 Å². The highest BCUT2D eigenvalue weighted by Crippen LogP contribution is 2.55. The quantitative estimate of drug-likeness (QED) is 0.776. The van der Waals surface area contributed by atoms with Gasteiger partial charge in [0.2, 0.25) is 5.91 Å². The Kier molecular flexibility index (Phi) is 4.60. The molecule has 1 aliphatic heterocycles. The Bertz CT molecular complexity index is 797. The van der Waals surface area contributed by atoms with Crippen LogP contribution >= 0.6 is 0 Å². The molecule has 29 heavy (non-hydrogen) atoms. The van der Waals surface area contributed by atoms with E-state index in [1.54, 1.807) is 29.2 Å². The molecule has 4 aliphatic carbocycles. The molecule has 0 aromatic heterocycles. The van der Waals surface area contributed by atoms with Gasteiger partial charge in [-0.05, 0) is 87.0 Å². The monoisotopic (exact) mass is 396 g/mol. The molecule has 2 amide bonds. The van der Waals surface area contributed by atoms with E-state index in [1.165, 1.54) is 19.3 Å². The zero-order valence-corrected chi connectivity index (χ0v) is 16.7. The average molecular weight is 396 g/mol. The fraction of sp³-hybridized carbons (Fsp3) is 0.609. The van der Waals surface area contributed by atoms with Crippen LogP contribution in [0.25, 0.3) is 0 Å². The Labute approximate surface area is 171 Å². The van der Waals surface area contributed by atoms with Crippen LogP contribution in [0.3, 0.4) is 0 Å². The minimum Gasteiger partial charge on any atom is -0.452 e. The van der Waals surface area contributed by atoms with Crippen molar-refractivity contribution in [1.29, 1.82) is 0 Å². The van der Waals surface area contributed by atoms with E-state index in [0.717, 1.165) is 49.1 Å². The molecular weight excluding hydrogens is 368 g/mol. The Hall–Kier alpha value is -2.37. The lowest BCUT2D eigenvalue weighted by atomic mass is 9.53. The van der Waals surface area contributed by atoms with E-state index in [4.69, 9.17) is 4.74 Å². The average Bonchev–Trinajstić information content (AvgIpc) is 3.11. The standard InChI is InChI=1S/C23H28N2O4/c26-20(24-23-11-15-8-16(12-23)10-17(9-15)13-23)14-29-22(28)18-3-5-19(6-4-18)25-7-1-2-21(25)27/h3-6,15-17H,1-2,7-14H2,(H,24,26). The van der Waals surface area contributed by atoms with E-state index in [-0.39, 0.29) is 24.0 Å². The molecule has 4 saturated carbocycles. The second-order valence-corrected chi connectivity index (χ2v) is 9.52. The summed E-state index contributed by atoms with van der Waals surface area (Å²) in [4.78, 5) is 38.4. The second-order valence-electron chi connectivity index (χ2n) is 9.52. The molecule has 1 saturated heterocycles. The summed E-state index contributed by atoms with van der Waals surface area (Å²) in [5.74, 6) is 1.67. The number of benzene rings is 1. The normalized spacial score (nSPS) is 32.5. The van der Waals surface area contributed by atoms with E-state index in [0.29, 0.717) is 18.5 Å². The van der Waals surface area contributed by atoms with Gasteiger partial charge in [0.25, 0.3) is 5.91 Å². The maximum absolute atomic E-state index is 12.5. The van der Waals surface area contributed by atoms with E-state index in [1.807, 2.05) is 0 Å². The first-order valence-electron chi connectivity index (χ1n) is 10.9. The molecule has 0 atom stereocenters. The van der Waals surface area contributed by atoms with Gasteiger partial charge in [-0.2, -0.15) is 0 Å². The van der Waals surface area contributed by atoms with Gasteiger partial charge in [-0.1, -0.05) is 0 Å². The first-order valence-corrected chi connectivity index (χ1v) is 10.9. The summed E-state index contributed by atoms with van der Waals surface area (Å²) in [6, 6.07) is 6.82. The van der Waals surface area contributed by atoms with Crippen LogP contribution in [-0.2, 0) is 14.3 Å². The summed E-state index contributed by atoms with van der Waals surface area (Å²) in [6.07, 6.45) is 8.64. The van der Waals surface area contributed by atoms with Gasteiger partial charge in [0, 0.05) is 24.2 Å². The van der Waals surface area contributed by atoms with Gasteiger partial charge in [0.05, 0.1) is 5.56 Å². The largest absolute Gasteiger partial charge is 0.452 e. The first kappa shape index (κ1) is 18.6. The summed E-state index contributed by atoms with van der Waals surface area (Å²) in [7, 11) is 0. The fourth-order valence-corrected chi connectivity index (χ4v) is 6.51. The molecule has 6 nitrogen and oxygen atoms in total. The Morgan fingerprint density at radius 3 is 2.21 bits per heavy atom. The zero-order valence-electron chi connectivity index (χ0n) is 16.7. The highest BCUT2D eigenvalue weighted by Gasteiger charge is 2.51. The van der Waals surface area contributed by atoms with Crippen molar-refractivity contribution in [2.24, 2.45) is 17.8 Å². The van der Waals surface area contributed by atoms with Gasteiger partial charge in [-0.15, -0.1) is 0 Å². The van der Waals surface area contributed by atoms with Crippen LogP contribution in [0, 0.1) is 17.8 Å². The lowest BCUT2D eigenvalue weighted by molar-refractivity contribution is -0.130. The van der Waals surface area contributed by atoms with Crippen molar-refractivity contribution >= 4 is 23.5 Å². The number of carbonyl (C=O) groups excluding carboxylic acids is 3. The van der Waals surface area contributed by atoms with Crippen LogP contribution in [0.4, 0.5) is 5.69 Å². The molecule has 5 aliphatic rings. The van der Waals surface area contributed by atoms with Crippen molar-refractivity contribution in [3.63, 3.8) is 0 Å². The van der Waals surface area contributed by atoms with Gasteiger partial charge >= 0.3 is 5.97 Å². The Morgan fingerprint density at radius 1 is 1.03 bits per heavy atom. The highest BCUT2D eigenvalue weighted by atomic mass is 16.5.